The summed E-state index contributed by atoms with van der Waals surface area (Å²) in [6.45, 7) is 6.26. The van der Waals surface area contributed by atoms with Crippen LogP contribution in [-0.2, 0) is 11.2 Å². The summed E-state index contributed by atoms with van der Waals surface area (Å²) in [4.78, 5) is 18.4. The monoisotopic (exact) mass is 378 g/mol. The van der Waals surface area contributed by atoms with Gasteiger partial charge in [0, 0.05) is 11.6 Å². The van der Waals surface area contributed by atoms with Crippen molar-refractivity contribution in [2.24, 2.45) is 0 Å². The number of thiazole rings is 1. The number of hydrogen-bond acceptors (Lipinski definition) is 3. The van der Waals surface area contributed by atoms with Gasteiger partial charge in [-0.15, -0.1) is 11.3 Å². The van der Waals surface area contributed by atoms with Crippen LogP contribution in [0.2, 0.25) is 0 Å². The first-order valence-corrected chi connectivity index (χ1v) is 10.3. The Morgan fingerprint density at radius 3 is 2.44 bits per heavy atom. The predicted octanol–water partition coefficient (Wildman–Crippen LogP) is 5.63. The highest BCUT2D eigenvalue weighted by molar-refractivity contribution is 7.18. The first-order valence-electron chi connectivity index (χ1n) is 9.48. The van der Waals surface area contributed by atoms with Crippen molar-refractivity contribution in [1.29, 1.82) is 0 Å². The van der Waals surface area contributed by atoms with Gasteiger partial charge in [-0.3, -0.25) is 4.79 Å². The lowest BCUT2D eigenvalue weighted by Gasteiger charge is -2.12. The molecule has 0 fully saturated rings. The summed E-state index contributed by atoms with van der Waals surface area (Å²) in [5.74, 6) is 0.0363. The third-order valence-corrected chi connectivity index (χ3v) is 5.68. The largest absolute Gasteiger partial charge is 0.353 e. The summed E-state index contributed by atoms with van der Waals surface area (Å²) in [7, 11) is 0. The second-order valence-electron chi connectivity index (χ2n) is 6.96. The number of carbonyl (C=O) groups excluding carboxylic acids is 1. The van der Waals surface area contributed by atoms with Gasteiger partial charge in [-0.2, -0.15) is 0 Å². The predicted molar refractivity (Wildman–Crippen MR) is 114 cm³/mol. The molecule has 0 aliphatic heterocycles. The molecule has 0 radical (unpaired) electrons. The van der Waals surface area contributed by atoms with Crippen molar-refractivity contribution >= 4 is 17.2 Å². The summed E-state index contributed by atoms with van der Waals surface area (Å²) in [6, 6.07) is 18.8. The average molecular weight is 379 g/mol. The van der Waals surface area contributed by atoms with Crippen molar-refractivity contribution in [3.05, 3.63) is 65.9 Å². The Morgan fingerprint density at radius 2 is 1.78 bits per heavy atom. The molecule has 27 heavy (non-hydrogen) atoms. The van der Waals surface area contributed by atoms with Gasteiger partial charge in [0.05, 0.1) is 17.0 Å². The van der Waals surface area contributed by atoms with Crippen LogP contribution in [0.25, 0.3) is 21.0 Å². The quantitative estimate of drug-likeness (QED) is 0.579. The third-order valence-electron chi connectivity index (χ3n) is 4.49. The zero-order valence-corrected chi connectivity index (χ0v) is 17.0. The number of nitrogens with zero attached hydrogens (tertiary/aromatic N) is 1. The van der Waals surface area contributed by atoms with Gasteiger partial charge in [0.15, 0.2) is 0 Å². The van der Waals surface area contributed by atoms with Crippen LogP contribution in [0.3, 0.4) is 0 Å². The number of rotatable bonds is 7. The molecule has 0 aliphatic carbocycles. The van der Waals surface area contributed by atoms with Crippen LogP contribution in [-0.4, -0.2) is 16.9 Å². The fourth-order valence-electron chi connectivity index (χ4n) is 3.09. The molecule has 3 rings (SSSR count). The van der Waals surface area contributed by atoms with E-state index in [4.69, 9.17) is 4.98 Å². The van der Waals surface area contributed by atoms with Crippen molar-refractivity contribution < 1.29 is 4.79 Å². The van der Waals surface area contributed by atoms with Gasteiger partial charge in [0.1, 0.15) is 5.01 Å². The van der Waals surface area contributed by atoms with Crippen LogP contribution in [0.5, 0.6) is 0 Å². The summed E-state index contributed by atoms with van der Waals surface area (Å²) >= 11 is 1.65. The fraction of sp³-hybridized carbons (Fsp3) is 0.304. The van der Waals surface area contributed by atoms with Crippen LogP contribution >= 0.6 is 11.3 Å². The van der Waals surface area contributed by atoms with Gasteiger partial charge < -0.3 is 5.32 Å². The van der Waals surface area contributed by atoms with E-state index in [1.54, 1.807) is 11.3 Å². The summed E-state index contributed by atoms with van der Waals surface area (Å²) in [6.07, 6.45) is 2.36. The van der Waals surface area contributed by atoms with Gasteiger partial charge >= 0.3 is 0 Å². The summed E-state index contributed by atoms with van der Waals surface area (Å²) in [5.41, 5.74) is 4.27. The first-order chi connectivity index (χ1) is 13.1. The van der Waals surface area contributed by atoms with Crippen LogP contribution in [0.1, 0.15) is 37.9 Å². The molecule has 3 aromatic rings. The van der Waals surface area contributed by atoms with E-state index in [1.165, 1.54) is 5.56 Å². The van der Waals surface area contributed by atoms with Crippen LogP contribution < -0.4 is 5.32 Å². The summed E-state index contributed by atoms with van der Waals surface area (Å²) < 4.78 is 0. The molecule has 0 aliphatic rings. The van der Waals surface area contributed by atoms with Gasteiger partial charge in [0.2, 0.25) is 5.91 Å². The molecule has 3 nitrogen and oxygen atoms in total. The van der Waals surface area contributed by atoms with E-state index in [-0.39, 0.29) is 11.9 Å². The smallest absolute Gasteiger partial charge is 0.226 e. The SMILES string of the molecule is CCCC(C)NC(=O)Cc1nc(-c2ccccc2)sc1-c1ccc(C)cc1. The van der Waals surface area contributed by atoms with Crippen molar-refractivity contribution in [1.82, 2.24) is 10.3 Å². The Labute approximate surface area is 165 Å². The Bertz CT molecular complexity index is 885. The average Bonchev–Trinajstić information content (AvgIpc) is 3.07. The topological polar surface area (TPSA) is 42.0 Å². The molecule has 2 aromatic carbocycles. The maximum Gasteiger partial charge on any atom is 0.226 e. The molecule has 4 heteroatoms. The van der Waals surface area contributed by atoms with E-state index in [0.29, 0.717) is 6.42 Å². The molecule has 1 unspecified atom stereocenters. The van der Waals surface area contributed by atoms with Gasteiger partial charge in [-0.25, -0.2) is 4.98 Å². The van der Waals surface area contributed by atoms with Crippen molar-refractivity contribution in [3.63, 3.8) is 0 Å². The van der Waals surface area contributed by atoms with Gasteiger partial charge in [-0.1, -0.05) is 73.5 Å². The minimum Gasteiger partial charge on any atom is -0.353 e. The molecule has 1 N–H and O–H groups in total. The second kappa shape index (κ2) is 8.96. The highest BCUT2D eigenvalue weighted by Gasteiger charge is 2.18. The van der Waals surface area contributed by atoms with E-state index in [9.17, 15) is 4.79 Å². The van der Waals surface area contributed by atoms with Crippen LogP contribution in [0.15, 0.2) is 54.6 Å². The van der Waals surface area contributed by atoms with Gasteiger partial charge in [0.25, 0.3) is 0 Å². The number of hydrogen-bond donors (Lipinski definition) is 1. The number of nitrogens with one attached hydrogen (secondary N) is 1. The zero-order valence-electron chi connectivity index (χ0n) is 16.2. The Hall–Kier alpha value is -2.46. The number of amides is 1. The molecule has 1 aromatic heterocycles. The van der Waals surface area contributed by atoms with E-state index < -0.39 is 0 Å². The standard InChI is InChI=1S/C23H26N2OS/c1-4-8-17(3)24-21(26)15-20-22(18-13-11-16(2)12-14-18)27-23(25-20)19-9-6-5-7-10-19/h5-7,9-14,17H,4,8,15H2,1-3H3,(H,24,26). The minimum atomic E-state index is 0.0363. The van der Waals surface area contributed by atoms with Gasteiger partial charge in [-0.05, 0) is 25.8 Å². The number of aryl methyl sites for hydroxylation is 1. The fourth-order valence-corrected chi connectivity index (χ4v) is 4.18. The molecule has 1 heterocycles. The second-order valence-corrected chi connectivity index (χ2v) is 7.96. The molecule has 0 saturated heterocycles. The summed E-state index contributed by atoms with van der Waals surface area (Å²) in [5, 5.41) is 4.05. The molecular formula is C23H26N2OS. The Kier molecular flexibility index (Phi) is 6.40. The van der Waals surface area contributed by atoms with Crippen molar-refractivity contribution in [2.75, 3.05) is 0 Å². The molecular weight excluding hydrogens is 352 g/mol. The molecule has 0 bridgehead atoms. The lowest BCUT2D eigenvalue weighted by atomic mass is 10.1. The van der Waals surface area contributed by atoms with Crippen molar-refractivity contribution in [3.8, 4) is 21.0 Å². The zero-order chi connectivity index (χ0) is 19.2. The number of benzene rings is 2. The molecule has 140 valence electrons. The van der Waals surface area contributed by atoms with E-state index >= 15 is 0 Å². The lowest BCUT2D eigenvalue weighted by molar-refractivity contribution is -0.121. The highest BCUT2D eigenvalue weighted by atomic mass is 32.1. The Morgan fingerprint density at radius 1 is 1.07 bits per heavy atom. The van der Waals surface area contributed by atoms with E-state index in [0.717, 1.165) is 39.5 Å². The normalized spacial score (nSPS) is 12.0. The number of carbonyl (C=O) groups is 1. The third kappa shape index (κ3) is 5.04. The lowest BCUT2D eigenvalue weighted by Crippen LogP contribution is -2.33. The first kappa shape index (κ1) is 19.3. The maximum absolute atomic E-state index is 12.5. The minimum absolute atomic E-state index is 0.0363. The van der Waals surface area contributed by atoms with Crippen LogP contribution in [0, 0.1) is 6.92 Å². The van der Waals surface area contributed by atoms with Crippen molar-refractivity contribution in [2.45, 2.75) is 46.1 Å². The molecule has 0 saturated carbocycles. The number of aromatic nitrogens is 1. The molecule has 0 spiro atoms. The maximum atomic E-state index is 12.5. The highest BCUT2D eigenvalue weighted by Crippen LogP contribution is 2.35. The molecule has 1 amide bonds. The van der Waals surface area contributed by atoms with Crippen LogP contribution in [0.4, 0.5) is 0 Å². The van der Waals surface area contributed by atoms with E-state index in [1.807, 2.05) is 18.2 Å². The van der Waals surface area contributed by atoms with E-state index in [2.05, 4.69) is 62.5 Å². The molecule has 1 atom stereocenters. The Balaban J connectivity index is 1.91.